The molecule has 0 saturated carbocycles. The normalized spacial score (nSPS) is 21.9. The van der Waals surface area contributed by atoms with Gasteiger partial charge in [0.25, 0.3) is 5.91 Å². The molecule has 1 heterocycles. The number of carbonyl (C=O) groups excluding carboxylic acids is 1. The van der Waals surface area contributed by atoms with Gasteiger partial charge in [0.2, 0.25) is 10.0 Å². The third kappa shape index (κ3) is 4.78. The molecular formula is C17H27N3O4S. The second-order valence-corrected chi connectivity index (χ2v) is 8.37. The zero-order valence-corrected chi connectivity index (χ0v) is 16.0. The van der Waals surface area contributed by atoms with E-state index in [2.05, 4.69) is 5.32 Å². The first-order valence-electron chi connectivity index (χ1n) is 8.41. The van der Waals surface area contributed by atoms with Crippen molar-refractivity contribution in [1.82, 2.24) is 14.5 Å². The zero-order chi connectivity index (χ0) is 18.6. The van der Waals surface area contributed by atoms with E-state index in [-0.39, 0.29) is 23.0 Å². The lowest BCUT2D eigenvalue weighted by Gasteiger charge is -2.34. The molecule has 1 fully saturated rings. The number of carbonyl (C=O) groups is 1. The molecule has 0 radical (unpaired) electrons. The van der Waals surface area contributed by atoms with Crippen molar-refractivity contribution in [1.29, 1.82) is 0 Å². The van der Waals surface area contributed by atoms with Gasteiger partial charge in [-0.2, -0.15) is 4.31 Å². The Bertz CT molecular complexity index is 680. The van der Waals surface area contributed by atoms with E-state index in [4.69, 9.17) is 4.74 Å². The summed E-state index contributed by atoms with van der Waals surface area (Å²) in [6, 6.07) is 6.13. The SMILES string of the molecule is CNCCN(C)C(=O)c1ccc(S(=O)(=O)N2CC(C)OC(C)C2)cc1. The molecular weight excluding hydrogens is 342 g/mol. The Morgan fingerprint density at radius 2 is 1.80 bits per heavy atom. The molecule has 1 saturated heterocycles. The smallest absolute Gasteiger partial charge is 0.253 e. The molecule has 8 heteroatoms. The van der Waals surface area contributed by atoms with Gasteiger partial charge in [0.15, 0.2) is 0 Å². The standard InChI is InChI=1S/C17H27N3O4S/c1-13-11-20(12-14(2)24-13)25(22,23)16-7-5-15(6-8-16)17(21)19(4)10-9-18-3/h5-8,13-14,18H,9-12H2,1-4H3. The molecule has 25 heavy (non-hydrogen) atoms. The van der Waals surface area contributed by atoms with Crippen molar-refractivity contribution in [3.05, 3.63) is 29.8 Å². The maximum Gasteiger partial charge on any atom is 0.253 e. The van der Waals surface area contributed by atoms with Gasteiger partial charge < -0.3 is 15.0 Å². The van der Waals surface area contributed by atoms with E-state index in [1.54, 1.807) is 24.1 Å². The van der Waals surface area contributed by atoms with Crippen molar-refractivity contribution in [3.63, 3.8) is 0 Å². The van der Waals surface area contributed by atoms with Gasteiger partial charge in [-0.25, -0.2) is 8.42 Å². The van der Waals surface area contributed by atoms with Crippen LogP contribution in [0.25, 0.3) is 0 Å². The molecule has 1 aromatic rings. The van der Waals surface area contributed by atoms with Crippen LogP contribution in [-0.4, -0.2) is 76.0 Å². The summed E-state index contributed by atoms with van der Waals surface area (Å²) in [5, 5.41) is 2.99. The molecule has 0 spiro atoms. The fourth-order valence-corrected chi connectivity index (χ4v) is 4.44. The monoisotopic (exact) mass is 369 g/mol. The highest BCUT2D eigenvalue weighted by Crippen LogP contribution is 2.21. The van der Waals surface area contributed by atoms with Crippen LogP contribution in [0.2, 0.25) is 0 Å². The summed E-state index contributed by atoms with van der Waals surface area (Å²) in [4.78, 5) is 14.1. The second kappa shape index (κ2) is 8.27. The van der Waals surface area contributed by atoms with Crippen molar-refractivity contribution in [2.45, 2.75) is 31.0 Å². The summed E-state index contributed by atoms with van der Waals surface area (Å²) in [7, 11) is -0.0386. The summed E-state index contributed by atoms with van der Waals surface area (Å²) in [6.07, 6.45) is -0.277. The van der Waals surface area contributed by atoms with Gasteiger partial charge in [-0.05, 0) is 45.2 Å². The van der Waals surface area contributed by atoms with E-state index in [1.165, 1.54) is 16.4 Å². The highest BCUT2D eigenvalue weighted by molar-refractivity contribution is 7.89. The van der Waals surface area contributed by atoms with Crippen LogP contribution >= 0.6 is 0 Å². The molecule has 0 aromatic heterocycles. The van der Waals surface area contributed by atoms with Crippen LogP contribution < -0.4 is 5.32 Å². The fraction of sp³-hybridized carbons (Fsp3) is 0.588. The van der Waals surface area contributed by atoms with E-state index < -0.39 is 10.0 Å². The lowest BCUT2D eigenvalue weighted by molar-refractivity contribution is -0.0440. The van der Waals surface area contributed by atoms with Crippen LogP contribution in [0.4, 0.5) is 0 Å². The number of hydrogen-bond acceptors (Lipinski definition) is 5. The molecule has 1 aliphatic heterocycles. The number of ether oxygens (including phenoxy) is 1. The number of nitrogens with one attached hydrogen (secondary N) is 1. The van der Waals surface area contributed by atoms with Crippen molar-refractivity contribution in [2.75, 3.05) is 40.3 Å². The minimum atomic E-state index is -3.59. The lowest BCUT2D eigenvalue weighted by atomic mass is 10.2. The van der Waals surface area contributed by atoms with Crippen LogP contribution in [0.15, 0.2) is 29.2 Å². The predicted molar refractivity (Wildman–Crippen MR) is 96.1 cm³/mol. The van der Waals surface area contributed by atoms with Gasteiger partial charge in [0.05, 0.1) is 17.1 Å². The molecule has 1 aliphatic rings. The van der Waals surface area contributed by atoms with Gasteiger partial charge in [-0.15, -0.1) is 0 Å². The first-order chi connectivity index (χ1) is 11.8. The average Bonchev–Trinajstić information content (AvgIpc) is 2.58. The molecule has 1 aromatic carbocycles. The molecule has 2 rings (SSSR count). The maximum absolute atomic E-state index is 12.8. The molecule has 1 N–H and O–H groups in total. The number of rotatable bonds is 6. The molecule has 2 atom stereocenters. The maximum atomic E-state index is 12.8. The van der Waals surface area contributed by atoms with Crippen LogP contribution in [-0.2, 0) is 14.8 Å². The Balaban J connectivity index is 2.14. The summed E-state index contributed by atoms with van der Waals surface area (Å²) in [5.41, 5.74) is 0.473. The second-order valence-electron chi connectivity index (χ2n) is 6.43. The largest absolute Gasteiger partial charge is 0.373 e. The van der Waals surface area contributed by atoms with Gasteiger partial charge in [-0.1, -0.05) is 0 Å². The number of amides is 1. The lowest BCUT2D eigenvalue weighted by Crippen LogP contribution is -2.48. The van der Waals surface area contributed by atoms with Crippen molar-refractivity contribution in [3.8, 4) is 0 Å². The van der Waals surface area contributed by atoms with Crippen molar-refractivity contribution in [2.24, 2.45) is 0 Å². The first-order valence-corrected chi connectivity index (χ1v) is 9.85. The summed E-state index contributed by atoms with van der Waals surface area (Å²) in [6.45, 7) is 5.67. The van der Waals surface area contributed by atoms with Crippen molar-refractivity contribution < 1.29 is 17.9 Å². The number of hydrogen-bond donors (Lipinski definition) is 1. The minimum Gasteiger partial charge on any atom is -0.373 e. The Labute approximate surface area is 150 Å². The molecule has 140 valence electrons. The zero-order valence-electron chi connectivity index (χ0n) is 15.2. The van der Waals surface area contributed by atoms with Gasteiger partial charge >= 0.3 is 0 Å². The predicted octanol–water partition coefficient (Wildman–Crippen LogP) is 0.776. The van der Waals surface area contributed by atoms with E-state index in [1.807, 2.05) is 20.9 Å². The van der Waals surface area contributed by atoms with Crippen molar-refractivity contribution >= 4 is 15.9 Å². The number of nitrogens with zero attached hydrogens (tertiary/aromatic N) is 2. The molecule has 0 bridgehead atoms. The highest BCUT2D eigenvalue weighted by Gasteiger charge is 2.32. The summed E-state index contributed by atoms with van der Waals surface area (Å²) < 4.78 is 32.6. The van der Waals surface area contributed by atoms with E-state index in [9.17, 15) is 13.2 Å². The average molecular weight is 369 g/mol. The van der Waals surface area contributed by atoms with Crippen LogP contribution in [0, 0.1) is 0 Å². The van der Waals surface area contributed by atoms with Gasteiger partial charge in [0, 0.05) is 38.8 Å². The molecule has 1 amide bonds. The number of sulfonamides is 1. The van der Waals surface area contributed by atoms with Crippen LogP contribution in [0.3, 0.4) is 0 Å². The summed E-state index contributed by atoms with van der Waals surface area (Å²) in [5.74, 6) is -0.132. The number of likely N-dealkylation sites (N-methyl/N-ethyl adjacent to an activating group) is 2. The number of benzene rings is 1. The van der Waals surface area contributed by atoms with Crippen LogP contribution in [0.5, 0.6) is 0 Å². The topological polar surface area (TPSA) is 79.0 Å². The highest BCUT2D eigenvalue weighted by atomic mass is 32.2. The van der Waals surface area contributed by atoms with Gasteiger partial charge in [-0.3, -0.25) is 4.79 Å². The summed E-state index contributed by atoms with van der Waals surface area (Å²) >= 11 is 0. The van der Waals surface area contributed by atoms with Crippen LogP contribution in [0.1, 0.15) is 24.2 Å². The molecule has 2 unspecified atom stereocenters. The van der Waals surface area contributed by atoms with E-state index >= 15 is 0 Å². The Hall–Kier alpha value is -1.48. The fourth-order valence-electron chi connectivity index (χ4n) is 2.85. The molecule has 0 aliphatic carbocycles. The van der Waals surface area contributed by atoms with E-state index in [0.717, 1.165) is 0 Å². The Morgan fingerprint density at radius 3 is 2.32 bits per heavy atom. The third-order valence-electron chi connectivity index (χ3n) is 4.17. The quantitative estimate of drug-likeness (QED) is 0.802. The minimum absolute atomic E-state index is 0.132. The van der Waals surface area contributed by atoms with E-state index in [0.29, 0.717) is 31.7 Å². The Morgan fingerprint density at radius 1 is 1.24 bits per heavy atom. The molecule has 7 nitrogen and oxygen atoms in total. The number of morpholine rings is 1. The Kier molecular flexibility index (Phi) is 6.56. The third-order valence-corrected chi connectivity index (χ3v) is 6.01. The first kappa shape index (κ1) is 19.8. The van der Waals surface area contributed by atoms with Gasteiger partial charge in [0.1, 0.15) is 0 Å².